The Morgan fingerprint density at radius 2 is 1.92 bits per heavy atom. The summed E-state index contributed by atoms with van der Waals surface area (Å²) >= 11 is 0. The summed E-state index contributed by atoms with van der Waals surface area (Å²) in [4.78, 5) is 33.2. The largest absolute Gasteiger partial charge is 0.494 e. The van der Waals surface area contributed by atoms with Crippen molar-refractivity contribution in [1.82, 2.24) is 24.2 Å². The number of aromatic nitrogens is 4. The van der Waals surface area contributed by atoms with Gasteiger partial charge in [-0.3, -0.25) is 14.3 Å². The van der Waals surface area contributed by atoms with Crippen LogP contribution in [0.5, 0.6) is 5.75 Å². The predicted octanol–water partition coefficient (Wildman–Crippen LogP) is 3.39. The number of piperidine rings is 1. The number of nitrogens with zero attached hydrogens (tertiary/aromatic N) is 5. The third kappa shape index (κ3) is 5.81. The lowest BCUT2D eigenvalue weighted by Crippen LogP contribution is -2.45. The molecule has 2 aromatic heterocycles. The van der Waals surface area contributed by atoms with Crippen LogP contribution >= 0.6 is 0 Å². The number of hydrogen-bond acceptors (Lipinski definition) is 7. The Kier molecular flexibility index (Phi) is 7.95. The predicted molar refractivity (Wildman–Crippen MR) is 144 cm³/mol. The minimum Gasteiger partial charge on any atom is -0.494 e. The van der Waals surface area contributed by atoms with E-state index in [0.717, 1.165) is 44.2 Å². The lowest BCUT2D eigenvalue weighted by Gasteiger charge is -2.37. The zero-order chi connectivity index (χ0) is 27.7. The molecule has 1 N–H and O–H groups in total. The monoisotopic (exact) mass is 537 g/mol. The second kappa shape index (κ2) is 11.4. The number of aliphatic hydroxyl groups is 1. The highest BCUT2D eigenvalue weighted by molar-refractivity contribution is 5.79. The van der Waals surface area contributed by atoms with Gasteiger partial charge in [-0.1, -0.05) is 19.9 Å². The van der Waals surface area contributed by atoms with Crippen LogP contribution in [0, 0.1) is 11.7 Å². The summed E-state index contributed by atoms with van der Waals surface area (Å²) in [7, 11) is 1.37. The van der Waals surface area contributed by atoms with E-state index < -0.39 is 11.5 Å². The summed E-state index contributed by atoms with van der Waals surface area (Å²) in [5.41, 5.74) is 1.01. The molecule has 0 aliphatic carbocycles. The molecule has 39 heavy (non-hydrogen) atoms. The number of ketones is 1. The number of carbonyl (C=O) groups is 1. The fourth-order valence-corrected chi connectivity index (χ4v) is 5.96. The van der Waals surface area contributed by atoms with E-state index in [2.05, 4.69) is 15.0 Å². The van der Waals surface area contributed by atoms with Crippen molar-refractivity contribution < 1.29 is 19.0 Å². The molecule has 2 aliphatic heterocycles. The first-order valence-electron chi connectivity index (χ1n) is 13.7. The molecule has 1 aromatic carbocycles. The Balaban J connectivity index is 1.40. The smallest absolute Gasteiger partial charge is 0.352 e. The van der Waals surface area contributed by atoms with Gasteiger partial charge in [0.2, 0.25) is 0 Å². The highest BCUT2D eigenvalue weighted by Crippen LogP contribution is 2.35. The minimum absolute atomic E-state index is 0.0219. The standard InChI is InChI=1S/C29H36FN5O4/c1-18(2)12-24(37)17-34-28(20-5-8-25(30)26(13-20)39-3)32-35(29(34)38)27-9-4-19(16-31-27)10-11-33-21-6-7-22(33)15-23(36)14-21/h4-5,8-9,13,16,18,21-23,36H,6-7,10-12,14-15,17H2,1-3H3. The molecule has 208 valence electrons. The van der Waals surface area contributed by atoms with E-state index in [0.29, 0.717) is 29.9 Å². The van der Waals surface area contributed by atoms with Crippen LogP contribution in [0.2, 0.25) is 0 Å². The number of halogens is 1. The van der Waals surface area contributed by atoms with Crippen molar-refractivity contribution in [2.45, 2.75) is 77.1 Å². The second-order valence-corrected chi connectivity index (χ2v) is 11.1. The van der Waals surface area contributed by atoms with Gasteiger partial charge in [0.1, 0.15) is 0 Å². The molecule has 9 nitrogen and oxygen atoms in total. The number of pyridine rings is 1. The summed E-state index contributed by atoms with van der Waals surface area (Å²) < 4.78 is 21.7. The van der Waals surface area contributed by atoms with Crippen LogP contribution in [0.25, 0.3) is 17.2 Å². The van der Waals surface area contributed by atoms with E-state index >= 15 is 0 Å². The van der Waals surface area contributed by atoms with Gasteiger partial charge in [-0.25, -0.2) is 14.2 Å². The van der Waals surface area contributed by atoms with E-state index in [4.69, 9.17) is 4.74 Å². The number of Topliss-reactive ketones (excluding diaryl/α,β-unsaturated/α-hetero) is 1. The summed E-state index contributed by atoms with van der Waals surface area (Å²) in [5.74, 6) is 0.131. The summed E-state index contributed by atoms with van der Waals surface area (Å²) in [6, 6.07) is 8.84. The molecule has 4 heterocycles. The zero-order valence-electron chi connectivity index (χ0n) is 22.7. The van der Waals surface area contributed by atoms with Gasteiger partial charge in [0.15, 0.2) is 29.0 Å². The van der Waals surface area contributed by atoms with Gasteiger partial charge in [0.05, 0.1) is 19.8 Å². The molecule has 2 fully saturated rings. The SMILES string of the molecule is COc1cc(-c2nn(-c3ccc(CCN4C5CCC4CC(O)C5)cn3)c(=O)n2CC(=O)CC(C)C)ccc1F. The number of rotatable bonds is 10. The number of benzene rings is 1. The maximum Gasteiger partial charge on any atom is 0.352 e. The van der Waals surface area contributed by atoms with Gasteiger partial charge in [-0.05, 0) is 67.9 Å². The van der Waals surface area contributed by atoms with Crippen LogP contribution in [0.15, 0.2) is 41.3 Å². The Bertz CT molecular complexity index is 1370. The zero-order valence-corrected chi connectivity index (χ0v) is 22.7. The van der Waals surface area contributed by atoms with E-state index in [-0.39, 0.29) is 35.9 Å². The molecule has 2 saturated heterocycles. The van der Waals surface area contributed by atoms with Gasteiger partial charge in [0, 0.05) is 36.8 Å². The lowest BCUT2D eigenvalue weighted by atomic mass is 9.99. The van der Waals surface area contributed by atoms with Gasteiger partial charge in [-0.15, -0.1) is 5.10 Å². The summed E-state index contributed by atoms with van der Waals surface area (Å²) in [5, 5.41) is 14.6. The van der Waals surface area contributed by atoms with Crippen LogP contribution in [0.3, 0.4) is 0 Å². The molecule has 0 spiro atoms. The van der Waals surface area contributed by atoms with Crippen molar-refractivity contribution in [2.24, 2.45) is 5.92 Å². The maximum atomic E-state index is 14.1. The van der Waals surface area contributed by atoms with Crippen molar-refractivity contribution in [1.29, 1.82) is 0 Å². The molecule has 3 aromatic rings. The first kappa shape index (κ1) is 27.2. The van der Waals surface area contributed by atoms with Crippen molar-refractivity contribution in [3.8, 4) is 23.0 Å². The van der Waals surface area contributed by atoms with Gasteiger partial charge < -0.3 is 9.84 Å². The van der Waals surface area contributed by atoms with Crippen LogP contribution in [0.4, 0.5) is 4.39 Å². The second-order valence-electron chi connectivity index (χ2n) is 11.1. The normalized spacial score (nSPS) is 21.0. The van der Waals surface area contributed by atoms with Crippen LogP contribution in [0.1, 0.15) is 51.5 Å². The minimum atomic E-state index is -0.531. The number of hydrogen-bond donors (Lipinski definition) is 1. The fourth-order valence-electron chi connectivity index (χ4n) is 5.96. The summed E-state index contributed by atoms with van der Waals surface area (Å²) in [6.07, 6.45) is 6.71. The molecule has 2 atom stereocenters. The molecule has 10 heteroatoms. The fraction of sp³-hybridized carbons (Fsp3) is 0.517. The number of carbonyl (C=O) groups excluding carboxylic acids is 1. The van der Waals surface area contributed by atoms with Crippen molar-refractivity contribution >= 4 is 5.78 Å². The molecule has 5 rings (SSSR count). The molecule has 0 saturated carbocycles. The highest BCUT2D eigenvalue weighted by Gasteiger charge is 2.39. The molecule has 0 amide bonds. The molecular weight excluding hydrogens is 501 g/mol. The number of fused-ring (bicyclic) bond motifs is 2. The van der Waals surface area contributed by atoms with Crippen LogP contribution in [-0.2, 0) is 17.8 Å². The first-order chi connectivity index (χ1) is 18.7. The molecule has 0 radical (unpaired) electrons. The van der Waals surface area contributed by atoms with E-state index in [9.17, 15) is 19.1 Å². The van der Waals surface area contributed by atoms with Crippen molar-refractivity contribution in [3.05, 3.63) is 58.4 Å². The van der Waals surface area contributed by atoms with Crippen molar-refractivity contribution in [3.63, 3.8) is 0 Å². The Labute approximate surface area is 227 Å². The average molecular weight is 538 g/mol. The third-order valence-electron chi connectivity index (χ3n) is 7.79. The quantitative estimate of drug-likeness (QED) is 0.423. The topological polar surface area (TPSA) is 102 Å². The lowest BCUT2D eigenvalue weighted by molar-refractivity contribution is -0.120. The Hall–Kier alpha value is -3.37. The molecule has 2 unspecified atom stereocenters. The molecule has 2 bridgehead atoms. The molecule has 2 aliphatic rings. The summed E-state index contributed by atoms with van der Waals surface area (Å²) in [6.45, 7) is 4.66. The Morgan fingerprint density at radius 1 is 1.18 bits per heavy atom. The average Bonchev–Trinajstić information content (AvgIpc) is 3.35. The van der Waals surface area contributed by atoms with Crippen LogP contribution in [-0.4, -0.2) is 67.0 Å². The highest BCUT2D eigenvalue weighted by atomic mass is 19.1. The van der Waals surface area contributed by atoms with E-state index in [1.807, 2.05) is 19.9 Å². The van der Waals surface area contributed by atoms with Gasteiger partial charge in [0.25, 0.3) is 0 Å². The Morgan fingerprint density at radius 3 is 2.56 bits per heavy atom. The van der Waals surface area contributed by atoms with Crippen LogP contribution < -0.4 is 10.4 Å². The van der Waals surface area contributed by atoms with Gasteiger partial charge in [-0.2, -0.15) is 4.68 Å². The maximum absolute atomic E-state index is 14.1. The first-order valence-corrected chi connectivity index (χ1v) is 13.7. The number of ether oxygens (including phenoxy) is 1. The number of methoxy groups -OCH3 is 1. The molecular formula is C29H36FN5O4. The third-order valence-corrected chi connectivity index (χ3v) is 7.79. The van der Waals surface area contributed by atoms with E-state index in [1.54, 1.807) is 12.3 Å². The van der Waals surface area contributed by atoms with Gasteiger partial charge >= 0.3 is 5.69 Å². The van der Waals surface area contributed by atoms with E-state index in [1.165, 1.54) is 34.6 Å². The number of aliphatic hydroxyl groups excluding tert-OH is 1. The van der Waals surface area contributed by atoms with Crippen molar-refractivity contribution in [2.75, 3.05) is 13.7 Å².